The van der Waals surface area contributed by atoms with E-state index >= 15 is 0 Å². The number of carbonyl (C=O) groups excluding carboxylic acids is 1. The van der Waals surface area contributed by atoms with Crippen LogP contribution in [0.25, 0.3) is 11.1 Å². The van der Waals surface area contributed by atoms with Gasteiger partial charge in [0.05, 0.1) is 23.8 Å². The third kappa shape index (κ3) is 8.11. The van der Waals surface area contributed by atoms with E-state index in [1.165, 1.54) is 0 Å². The Kier molecular flexibility index (Phi) is 10.7. The minimum absolute atomic E-state index is 0.00874. The van der Waals surface area contributed by atoms with Gasteiger partial charge in [-0.1, -0.05) is 121 Å². The summed E-state index contributed by atoms with van der Waals surface area (Å²) in [4.78, 5) is 16.5. The van der Waals surface area contributed by atoms with Crippen molar-refractivity contribution in [3.63, 3.8) is 0 Å². The molecule has 5 rings (SSSR count). The van der Waals surface area contributed by atoms with Gasteiger partial charge in [0.1, 0.15) is 0 Å². The molecule has 224 valence electrons. The number of aromatic nitrogens is 1. The summed E-state index contributed by atoms with van der Waals surface area (Å²) in [5.41, 5.74) is 5.57. The average Bonchev–Trinajstić information content (AvgIpc) is 3.03. The summed E-state index contributed by atoms with van der Waals surface area (Å²) in [6, 6.07) is 29.5. The maximum absolute atomic E-state index is 12.1. The zero-order chi connectivity index (χ0) is 30.4. The molecule has 1 aliphatic rings. The molecule has 4 atom stereocenters. The molecule has 0 aliphatic carbocycles. The Morgan fingerprint density at radius 3 is 2.30 bits per heavy atom. The Balaban J connectivity index is 1.37. The summed E-state index contributed by atoms with van der Waals surface area (Å²) in [5.74, 6) is 0.107. The number of alkyl halides is 3. The van der Waals surface area contributed by atoms with E-state index in [9.17, 15) is 9.90 Å². The second kappa shape index (κ2) is 14.4. The SMILES string of the molecule is C[C@@H]1[C@H](CSc2ccccn2)O[C@H](c2ccc(-c3ccccc3CNC(=O)C(Cl)(Cl)Cl)cc2)O[C@@H]1c1ccc(CO)cc1. The molecule has 3 aromatic carbocycles. The van der Waals surface area contributed by atoms with Gasteiger partial charge in [0.15, 0.2) is 6.29 Å². The number of hydrogen-bond donors (Lipinski definition) is 2. The van der Waals surface area contributed by atoms with Crippen molar-refractivity contribution in [1.82, 2.24) is 10.3 Å². The number of aliphatic hydroxyl groups is 1. The van der Waals surface area contributed by atoms with Crippen molar-refractivity contribution in [3.8, 4) is 11.1 Å². The quantitative estimate of drug-likeness (QED) is 0.141. The van der Waals surface area contributed by atoms with Gasteiger partial charge in [-0.3, -0.25) is 4.79 Å². The normalized spacial score (nSPS) is 20.5. The van der Waals surface area contributed by atoms with E-state index in [2.05, 4.69) is 17.2 Å². The van der Waals surface area contributed by atoms with Crippen molar-refractivity contribution in [3.05, 3.63) is 119 Å². The Labute approximate surface area is 270 Å². The van der Waals surface area contributed by atoms with Crippen LogP contribution in [0.5, 0.6) is 0 Å². The second-order valence-electron chi connectivity index (χ2n) is 10.3. The Morgan fingerprint density at radius 2 is 1.63 bits per heavy atom. The van der Waals surface area contributed by atoms with E-state index in [0.29, 0.717) is 5.75 Å². The lowest BCUT2D eigenvalue weighted by atomic mass is 9.91. The highest BCUT2D eigenvalue weighted by Crippen LogP contribution is 2.43. The van der Waals surface area contributed by atoms with Crippen molar-refractivity contribution in [1.29, 1.82) is 0 Å². The minimum Gasteiger partial charge on any atom is -0.392 e. The zero-order valence-corrected chi connectivity index (χ0v) is 26.4. The molecule has 1 aliphatic heterocycles. The van der Waals surface area contributed by atoms with Gasteiger partial charge in [-0.2, -0.15) is 0 Å². The van der Waals surface area contributed by atoms with Crippen molar-refractivity contribution in [2.75, 3.05) is 5.75 Å². The number of rotatable bonds is 9. The molecule has 4 aromatic rings. The molecule has 1 amide bonds. The van der Waals surface area contributed by atoms with Crippen LogP contribution in [0.2, 0.25) is 0 Å². The predicted molar refractivity (Wildman–Crippen MR) is 172 cm³/mol. The van der Waals surface area contributed by atoms with Gasteiger partial charge in [0.2, 0.25) is 0 Å². The Hall–Kier alpha value is -2.62. The maximum Gasteiger partial charge on any atom is 0.272 e. The first-order chi connectivity index (χ1) is 20.7. The van der Waals surface area contributed by atoms with Crippen LogP contribution in [0.4, 0.5) is 0 Å². The smallest absolute Gasteiger partial charge is 0.272 e. The first-order valence-electron chi connectivity index (χ1n) is 13.8. The first-order valence-corrected chi connectivity index (χ1v) is 15.9. The number of nitrogens with zero attached hydrogens (tertiary/aromatic N) is 1. The van der Waals surface area contributed by atoms with Gasteiger partial charge < -0.3 is 19.9 Å². The van der Waals surface area contributed by atoms with Crippen LogP contribution in [0, 0.1) is 5.92 Å². The Morgan fingerprint density at radius 1 is 0.930 bits per heavy atom. The fourth-order valence-corrected chi connectivity index (χ4v) is 6.19. The molecule has 0 radical (unpaired) electrons. The van der Waals surface area contributed by atoms with E-state index in [-0.39, 0.29) is 31.3 Å². The highest BCUT2D eigenvalue weighted by Gasteiger charge is 2.38. The van der Waals surface area contributed by atoms with E-state index in [1.54, 1.807) is 18.0 Å². The molecule has 2 N–H and O–H groups in total. The van der Waals surface area contributed by atoms with Crippen molar-refractivity contribution in [2.45, 2.75) is 47.4 Å². The third-order valence-electron chi connectivity index (χ3n) is 7.36. The summed E-state index contributed by atoms with van der Waals surface area (Å²) in [5, 5.41) is 13.1. The lowest BCUT2D eigenvalue weighted by Gasteiger charge is -2.41. The molecule has 1 saturated heterocycles. The van der Waals surface area contributed by atoms with Crippen LogP contribution in [0.15, 0.2) is 102 Å². The number of carbonyl (C=O) groups is 1. The fourth-order valence-electron chi connectivity index (χ4n) is 4.96. The molecular formula is C33H31Cl3N2O4S. The minimum atomic E-state index is -2.03. The van der Waals surface area contributed by atoms with Gasteiger partial charge in [0, 0.05) is 30.0 Å². The topological polar surface area (TPSA) is 80.7 Å². The predicted octanol–water partition coefficient (Wildman–Crippen LogP) is 7.81. The number of thioether (sulfide) groups is 1. The lowest BCUT2D eigenvalue weighted by Crippen LogP contribution is -2.38. The zero-order valence-electron chi connectivity index (χ0n) is 23.3. The van der Waals surface area contributed by atoms with E-state index in [0.717, 1.165) is 38.4 Å². The molecule has 0 unspecified atom stereocenters. The summed E-state index contributed by atoms with van der Waals surface area (Å²) < 4.78 is 11.1. The molecule has 43 heavy (non-hydrogen) atoms. The van der Waals surface area contributed by atoms with Crippen LogP contribution in [-0.4, -0.2) is 31.6 Å². The number of aliphatic hydroxyl groups excluding tert-OH is 1. The number of pyridine rings is 1. The van der Waals surface area contributed by atoms with Gasteiger partial charge in [-0.05, 0) is 39.9 Å². The average molecular weight is 658 g/mol. The van der Waals surface area contributed by atoms with Crippen molar-refractivity contribution in [2.24, 2.45) is 5.92 Å². The molecule has 1 fully saturated rings. The number of amides is 1. The van der Waals surface area contributed by atoms with E-state index in [4.69, 9.17) is 44.3 Å². The number of ether oxygens (including phenoxy) is 2. The van der Waals surface area contributed by atoms with Gasteiger partial charge >= 0.3 is 0 Å². The van der Waals surface area contributed by atoms with E-state index < -0.39 is 16.0 Å². The maximum atomic E-state index is 12.1. The third-order valence-corrected chi connectivity index (χ3v) is 8.91. The molecule has 10 heteroatoms. The van der Waals surface area contributed by atoms with Crippen LogP contribution in [-0.2, 0) is 27.4 Å². The standard InChI is InChI=1S/C33H31Cl3N2O4S/c1-21-28(20-43-29-8-4-5-17-37-29)41-31(42-30(21)24-11-9-22(19-39)10-12-24)25-15-13-23(14-16-25)27-7-3-2-6-26(27)18-38-32(40)33(34,35)36/h2-17,21,28,30-31,39H,18-20H2,1H3,(H,38,40)/t21-,28+,30+,31+/m1/s1. The van der Waals surface area contributed by atoms with Crippen LogP contribution < -0.4 is 5.32 Å². The summed E-state index contributed by atoms with van der Waals surface area (Å²) in [7, 11) is 0. The summed E-state index contributed by atoms with van der Waals surface area (Å²) in [6.07, 6.45) is 0.901. The largest absolute Gasteiger partial charge is 0.392 e. The molecular weight excluding hydrogens is 627 g/mol. The molecule has 0 spiro atoms. The number of benzene rings is 3. The fraction of sp³-hybridized carbons (Fsp3) is 0.273. The van der Waals surface area contributed by atoms with Crippen LogP contribution in [0.3, 0.4) is 0 Å². The van der Waals surface area contributed by atoms with Gasteiger partial charge in [0.25, 0.3) is 9.70 Å². The van der Waals surface area contributed by atoms with Crippen LogP contribution in [0.1, 0.15) is 41.6 Å². The number of hydrogen-bond acceptors (Lipinski definition) is 6. The van der Waals surface area contributed by atoms with Crippen LogP contribution >= 0.6 is 46.6 Å². The second-order valence-corrected chi connectivity index (χ2v) is 13.6. The molecule has 0 bridgehead atoms. The molecule has 2 heterocycles. The molecule has 0 saturated carbocycles. The summed E-state index contributed by atoms with van der Waals surface area (Å²) in [6.45, 7) is 2.35. The first kappa shape index (κ1) is 31.8. The molecule has 6 nitrogen and oxygen atoms in total. The summed E-state index contributed by atoms with van der Waals surface area (Å²) >= 11 is 18.8. The number of halogens is 3. The number of nitrogens with one attached hydrogen (secondary N) is 1. The monoisotopic (exact) mass is 656 g/mol. The lowest BCUT2D eigenvalue weighted by molar-refractivity contribution is -0.268. The van der Waals surface area contributed by atoms with Gasteiger partial charge in [-0.15, -0.1) is 11.8 Å². The van der Waals surface area contributed by atoms with Gasteiger partial charge in [-0.25, -0.2) is 4.98 Å². The van der Waals surface area contributed by atoms with Crippen molar-refractivity contribution >= 4 is 52.5 Å². The Bertz CT molecular complexity index is 1500. The highest BCUT2D eigenvalue weighted by atomic mass is 35.6. The highest BCUT2D eigenvalue weighted by molar-refractivity contribution is 7.99. The van der Waals surface area contributed by atoms with Crippen molar-refractivity contribution < 1.29 is 19.4 Å². The van der Waals surface area contributed by atoms with E-state index in [1.807, 2.05) is 91.0 Å². The molecule has 1 aromatic heterocycles.